The number of carbonyl (C=O) groups excluding carboxylic acids is 3. The Bertz CT molecular complexity index is 504. The van der Waals surface area contributed by atoms with Gasteiger partial charge < -0.3 is 14.5 Å². The van der Waals surface area contributed by atoms with E-state index < -0.39 is 5.97 Å². The molecule has 0 aliphatic carbocycles. The van der Waals surface area contributed by atoms with Crippen LogP contribution in [-0.4, -0.2) is 61.4 Å². The molecule has 1 aliphatic rings. The van der Waals surface area contributed by atoms with Crippen molar-refractivity contribution in [1.82, 2.24) is 9.80 Å². The van der Waals surface area contributed by atoms with Crippen LogP contribution >= 0.6 is 0 Å². The largest absolute Gasteiger partial charge is 0.465 e. The lowest BCUT2D eigenvalue weighted by molar-refractivity contribution is -0.119. The zero-order valence-electron chi connectivity index (χ0n) is 11.2. The van der Waals surface area contributed by atoms with E-state index in [1.54, 1.807) is 34.1 Å². The predicted molar refractivity (Wildman–Crippen MR) is 71.3 cm³/mol. The maximum atomic E-state index is 12.2. The molecule has 20 heavy (non-hydrogen) atoms. The van der Waals surface area contributed by atoms with Crippen LogP contribution in [0.4, 0.5) is 0 Å². The molecule has 1 fully saturated rings. The summed E-state index contributed by atoms with van der Waals surface area (Å²) in [6.45, 7) is 2.15. The van der Waals surface area contributed by atoms with Gasteiger partial charge in [-0.15, -0.1) is 0 Å². The fraction of sp³-hybridized carbons (Fsp3) is 0.357. The summed E-state index contributed by atoms with van der Waals surface area (Å²) in [6.07, 6.45) is 0.799. The van der Waals surface area contributed by atoms with Crippen LogP contribution in [-0.2, 0) is 9.53 Å². The summed E-state index contributed by atoms with van der Waals surface area (Å²) in [6, 6.07) is 6.36. The first kappa shape index (κ1) is 14.0. The first-order chi connectivity index (χ1) is 9.65. The van der Waals surface area contributed by atoms with Gasteiger partial charge in [0, 0.05) is 31.7 Å². The Balaban J connectivity index is 2.02. The van der Waals surface area contributed by atoms with Gasteiger partial charge in [-0.1, -0.05) is 0 Å². The highest BCUT2D eigenvalue weighted by Gasteiger charge is 2.21. The highest BCUT2D eigenvalue weighted by Crippen LogP contribution is 2.10. The van der Waals surface area contributed by atoms with Crippen molar-refractivity contribution in [1.29, 1.82) is 0 Å². The third-order valence-electron chi connectivity index (χ3n) is 3.30. The highest BCUT2D eigenvalue weighted by atomic mass is 16.5. The number of hydrogen-bond donors (Lipinski definition) is 0. The molecule has 0 spiro atoms. The molecule has 1 aromatic carbocycles. The Morgan fingerprint density at radius 1 is 1.05 bits per heavy atom. The third kappa shape index (κ3) is 2.96. The Hall–Kier alpha value is -2.37. The van der Waals surface area contributed by atoms with E-state index in [0.29, 0.717) is 37.3 Å². The summed E-state index contributed by atoms with van der Waals surface area (Å²) < 4.78 is 4.60. The second kappa shape index (κ2) is 6.18. The van der Waals surface area contributed by atoms with Crippen molar-refractivity contribution in [2.75, 3.05) is 33.3 Å². The molecule has 0 aromatic heterocycles. The van der Waals surface area contributed by atoms with Crippen LogP contribution < -0.4 is 0 Å². The van der Waals surface area contributed by atoms with Crippen molar-refractivity contribution in [3.63, 3.8) is 0 Å². The zero-order valence-corrected chi connectivity index (χ0v) is 11.2. The number of esters is 1. The second-order valence-electron chi connectivity index (χ2n) is 4.50. The summed E-state index contributed by atoms with van der Waals surface area (Å²) in [5, 5.41) is 0. The predicted octanol–water partition coefficient (Wildman–Crippen LogP) is 0.387. The fourth-order valence-corrected chi connectivity index (χ4v) is 2.08. The number of benzene rings is 1. The van der Waals surface area contributed by atoms with Crippen molar-refractivity contribution in [2.45, 2.75) is 0 Å². The van der Waals surface area contributed by atoms with Crippen LogP contribution in [0.15, 0.2) is 24.3 Å². The molecule has 6 heteroatoms. The minimum atomic E-state index is -0.427. The Kier molecular flexibility index (Phi) is 4.34. The van der Waals surface area contributed by atoms with Crippen LogP contribution in [0.2, 0.25) is 0 Å². The van der Waals surface area contributed by atoms with E-state index in [0.717, 1.165) is 6.41 Å². The number of amides is 2. The summed E-state index contributed by atoms with van der Waals surface area (Å²) in [7, 11) is 1.31. The van der Waals surface area contributed by atoms with E-state index in [1.165, 1.54) is 7.11 Å². The molecule has 6 nitrogen and oxygen atoms in total. The summed E-state index contributed by atoms with van der Waals surface area (Å²) in [4.78, 5) is 37.5. The Morgan fingerprint density at radius 2 is 1.60 bits per heavy atom. The van der Waals surface area contributed by atoms with Crippen LogP contribution in [0.3, 0.4) is 0 Å². The van der Waals surface area contributed by atoms with Crippen molar-refractivity contribution in [3.05, 3.63) is 35.4 Å². The van der Waals surface area contributed by atoms with Gasteiger partial charge in [-0.25, -0.2) is 4.79 Å². The first-order valence-electron chi connectivity index (χ1n) is 6.32. The van der Waals surface area contributed by atoms with Crippen LogP contribution in [0, 0.1) is 0 Å². The molecule has 0 N–H and O–H groups in total. The van der Waals surface area contributed by atoms with Crippen LogP contribution in [0.1, 0.15) is 20.7 Å². The molecule has 0 atom stereocenters. The number of methoxy groups -OCH3 is 1. The Labute approximate surface area is 116 Å². The smallest absolute Gasteiger partial charge is 0.337 e. The van der Waals surface area contributed by atoms with Crippen molar-refractivity contribution in [2.24, 2.45) is 0 Å². The topological polar surface area (TPSA) is 66.9 Å². The quantitative estimate of drug-likeness (QED) is 0.591. The first-order valence-corrected chi connectivity index (χ1v) is 6.32. The van der Waals surface area contributed by atoms with Gasteiger partial charge in [-0.2, -0.15) is 0 Å². The van der Waals surface area contributed by atoms with Gasteiger partial charge in [-0.3, -0.25) is 9.59 Å². The van der Waals surface area contributed by atoms with Crippen LogP contribution in [0.5, 0.6) is 0 Å². The molecule has 1 heterocycles. The molecule has 2 rings (SSSR count). The van der Waals surface area contributed by atoms with Gasteiger partial charge in [0.1, 0.15) is 0 Å². The molecule has 0 radical (unpaired) electrons. The minimum Gasteiger partial charge on any atom is -0.465 e. The van der Waals surface area contributed by atoms with E-state index in [1.807, 2.05) is 0 Å². The lowest BCUT2D eigenvalue weighted by atomic mass is 10.1. The second-order valence-corrected chi connectivity index (χ2v) is 4.50. The number of carbonyl (C=O) groups is 3. The number of rotatable bonds is 3. The van der Waals surface area contributed by atoms with Gasteiger partial charge in [0.2, 0.25) is 6.41 Å². The van der Waals surface area contributed by atoms with Crippen LogP contribution in [0.25, 0.3) is 0 Å². The summed E-state index contributed by atoms with van der Waals surface area (Å²) in [5.74, 6) is -0.518. The Morgan fingerprint density at radius 3 is 2.10 bits per heavy atom. The summed E-state index contributed by atoms with van der Waals surface area (Å²) in [5.41, 5.74) is 0.937. The standard InChI is InChI=1S/C14H16N2O4/c1-20-14(19)12-4-2-11(3-5-12)13(18)16-8-6-15(10-17)7-9-16/h2-5,10H,6-9H2,1H3. The molecule has 1 aliphatic heterocycles. The minimum absolute atomic E-state index is 0.0908. The molecule has 0 bridgehead atoms. The fourth-order valence-electron chi connectivity index (χ4n) is 2.08. The molecule has 106 valence electrons. The van der Waals surface area contributed by atoms with Gasteiger partial charge >= 0.3 is 5.97 Å². The van der Waals surface area contributed by atoms with Crippen molar-refractivity contribution < 1.29 is 19.1 Å². The maximum Gasteiger partial charge on any atom is 0.337 e. The van der Waals surface area contributed by atoms with Gasteiger partial charge in [0.15, 0.2) is 0 Å². The highest BCUT2D eigenvalue weighted by molar-refractivity contribution is 5.96. The molecule has 0 unspecified atom stereocenters. The van der Waals surface area contributed by atoms with E-state index in [2.05, 4.69) is 4.74 Å². The number of nitrogens with zero attached hydrogens (tertiary/aromatic N) is 2. The number of hydrogen-bond acceptors (Lipinski definition) is 4. The summed E-state index contributed by atoms with van der Waals surface area (Å²) >= 11 is 0. The van der Waals surface area contributed by atoms with Gasteiger partial charge in [0.05, 0.1) is 12.7 Å². The molecule has 0 saturated carbocycles. The van der Waals surface area contributed by atoms with E-state index in [4.69, 9.17) is 0 Å². The monoisotopic (exact) mass is 276 g/mol. The lowest BCUT2D eigenvalue weighted by Gasteiger charge is -2.32. The van der Waals surface area contributed by atoms with Crippen molar-refractivity contribution in [3.8, 4) is 0 Å². The zero-order chi connectivity index (χ0) is 14.5. The SMILES string of the molecule is COC(=O)c1ccc(C(=O)N2CCN(C=O)CC2)cc1. The number of piperazine rings is 1. The van der Waals surface area contributed by atoms with Crippen molar-refractivity contribution >= 4 is 18.3 Å². The number of ether oxygens (including phenoxy) is 1. The van der Waals surface area contributed by atoms with E-state index >= 15 is 0 Å². The molecule has 2 amide bonds. The van der Waals surface area contributed by atoms with E-state index in [9.17, 15) is 14.4 Å². The molecule has 1 saturated heterocycles. The molecule has 1 aromatic rings. The maximum absolute atomic E-state index is 12.2. The van der Waals surface area contributed by atoms with Gasteiger partial charge in [-0.05, 0) is 24.3 Å². The normalized spacial score (nSPS) is 14.8. The molecular weight excluding hydrogens is 260 g/mol. The van der Waals surface area contributed by atoms with E-state index in [-0.39, 0.29) is 5.91 Å². The third-order valence-corrected chi connectivity index (χ3v) is 3.30. The lowest BCUT2D eigenvalue weighted by Crippen LogP contribution is -2.48. The molecular formula is C14H16N2O4. The van der Waals surface area contributed by atoms with Gasteiger partial charge in [0.25, 0.3) is 5.91 Å². The average Bonchev–Trinajstić information content (AvgIpc) is 2.53. The average molecular weight is 276 g/mol.